The van der Waals surface area contributed by atoms with Crippen LogP contribution in [0.15, 0.2) is 18.3 Å². The smallest absolute Gasteiger partial charge is 0.391 e. The fourth-order valence-corrected chi connectivity index (χ4v) is 1.59. The van der Waals surface area contributed by atoms with Gasteiger partial charge >= 0.3 is 6.18 Å². The lowest BCUT2D eigenvalue weighted by Crippen LogP contribution is -2.36. The van der Waals surface area contributed by atoms with Gasteiger partial charge < -0.3 is 10.4 Å². The van der Waals surface area contributed by atoms with E-state index in [1.54, 1.807) is 12.1 Å². The summed E-state index contributed by atoms with van der Waals surface area (Å²) >= 11 is 0. The molecule has 1 heterocycles. The first kappa shape index (κ1) is 17.0. The summed E-state index contributed by atoms with van der Waals surface area (Å²) in [7, 11) is 0. The van der Waals surface area contributed by atoms with Crippen LogP contribution in [-0.4, -0.2) is 34.8 Å². The number of hydrogen-bond acceptors (Lipinski definition) is 3. The van der Waals surface area contributed by atoms with Crippen molar-refractivity contribution in [3.05, 3.63) is 29.6 Å². The van der Waals surface area contributed by atoms with Crippen molar-refractivity contribution in [2.45, 2.75) is 32.0 Å². The number of carbonyl (C=O) groups is 1. The van der Waals surface area contributed by atoms with Crippen LogP contribution in [0.25, 0.3) is 0 Å². The van der Waals surface area contributed by atoms with Gasteiger partial charge in [-0.15, -0.1) is 0 Å². The van der Waals surface area contributed by atoms with Crippen LogP contribution in [0.2, 0.25) is 0 Å². The maximum absolute atomic E-state index is 12.2. The van der Waals surface area contributed by atoms with E-state index in [9.17, 15) is 18.0 Å². The molecule has 1 aromatic heterocycles. The molecule has 0 fully saturated rings. The molecule has 2 N–H and O–H groups in total. The molecule has 0 aliphatic rings. The highest BCUT2D eigenvalue weighted by molar-refractivity contribution is 5.94. The Balaban J connectivity index is 2.81. The summed E-state index contributed by atoms with van der Waals surface area (Å²) in [4.78, 5) is 15.8. The maximum Gasteiger partial charge on any atom is 0.391 e. The van der Waals surface area contributed by atoms with Crippen LogP contribution in [0.5, 0.6) is 0 Å². The summed E-state index contributed by atoms with van der Waals surface area (Å²) in [5.41, 5.74) is 0.277. The number of alkyl halides is 3. The molecular weight excluding hydrogens is 285 g/mol. The van der Waals surface area contributed by atoms with Gasteiger partial charge in [0, 0.05) is 18.7 Å². The van der Waals surface area contributed by atoms with Crippen molar-refractivity contribution in [3.8, 4) is 11.8 Å². The van der Waals surface area contributed by atoms with E-state index in [2.05, 4.69) is 22.1 Å². The van der Waals surface area contributed by atoms with Gasteiger partial charge in [-0.3, -0.25) is 4.79 Å². The molecule has 1 atom stereocenters. The molecule has 0 spiro atoms. The van der Waals surface area contributed by atoms with Gasteiger partial charge in [0.25, 0.3) is 5.91 Å². The van der Waals surface area contributed by atoms with E-state index in [-0.39, 0.29) is 18.7 Å². The standard InChI is InChI=1S/C14H15F3N2O2/c1-10(9-14(15,16)17)19-13(21)12-11(5-2-3-8-20)6-4-7-18-12/h4,6-7,10,20H,3,8-9H2,1H3,(H,19,21). The van der Waals surface area contributed by atoms with Crippen LogP contribution in [0.1, 0.15) is 35.8 Å². The molecule has 0 saturated heterocycles. The molecule has 1 aromatic rings. The van der Waals surface area contributed by atoms with Crippen LogP contribution in [0, 0.1) is 11.8 Å². The first-order chi connectivity index (χ1) is 9.83. The Kier molecular flexibility index (Phi) is 6.18. The predicted molar refractivity (Wildman–Crippen MR) is 70.4 cm³/mol. The van der Waals surface area contributed by atoms with Crippen LogP contribution in [0.4, 0.5) is 13.2 Å². The largest absolute Gasteiger partial charge is 0.395 e. The van der Waals surface area contributed by atoms with Gasteiger partial charge in [0.15, 0.2) is 0 Å². The normalized spacial score (nSPS) is 12.2. The molecule has 1 rings (SSSR count). The van der Waals surface area contributed by atoms with E-state index in [1.807, 2.05) is 0 Å². The van der Waals surface area contributed by atoms with E-state index in [0.29, 0.717) is 5.56 Å². The number of aliphatic hydroxyl groups excluding tert-OH is 1. The zero-order valence-electron chi connectivity index (χ0n) is 11.4. The number of nitrogens with one attached hydrogen (secondary N) is 1. The quantitative estimate of drug-likeness (QED) is 0.835. The van der Waals surface area contributed by atoms with Crippen LogP contribution < -0.4 is 5.32 Å². The van der Waals surface area contributed by atoms with Crippen LogP contribution >= 0.6 is 0 Å². The molecule has 1 amide bonds. The molecule has 7 heteroatoms. The van der Waals surface area contributed by atoms with Crippen LogP contribution in [-0.2, 0) is 0 Å². The Bertz CT molecular complexity index is 547. The summed E-state index contributed by atoms with van der Waals surface area (Å²) in [6, 6.07) is 2.05. The highest BCUT2D eigenvalue weighted by Crippen LogP contribution is 2.21. The summed E-state index contributed by atoms with van der Waals surface area (Å²) in [6.45, 7) is 1.16. The van der Waals surface area contributed by atoms with Crippen molar-refractivity contribution in [1.82, 2.24) is 10.3 Å². The number of nitrogens with zero attached hydrogens (tertiary/aromatic N) is 1. The molecule has 0 aliphatic carbocycles. The topological polar surface area (TPSA) is 62.2 Å². The Morgan fingerprint density at radius 2 is 2.24 bits per heavy atom. The van der Waals surface area contributed by atoms with E-state index in [1.165, 1.54) is 13.1 Å². The number of amides is 1. The number of aromatic nitrogens is 1. The molecule has 0 aliphatic heterocycles. The number of rotatable bonds is 4. The van der Waals surface area contributed by atoms with Gasteiger partial charge in [0.1, 0.15) is 5.69 Å². The van der Waals surface area contributed by atoms with Gasteiger partial charge in [-0.2, -0.15) is 13.2 Å². The highest BCUT2D eigenvalue weighted by atomic mass is 19.4. The second-order valence-corrected chi connectivity index (χ2v) is 4.37. The molecule has 0 saturated carbocycles. The summed E-state index contributed by atoms with van der Waals surface area (Å²) in [5, 5.41) is 10.9. The zero-order chi connectivity index (χ0) is 15.9. The predicted octanol–water partition coefficient (Wildman–Crippen LogP) is 1.89. The molecule has 114 valence electrons. The number of halogens is 3. The average molecular weight is 300 g/mol. The molecule has 21 heavy (non-hydrogen) atoms. The fourth-order valence-electron chi connectivity index (χ4n) is 1.59. The lowest BCUT2D eigenvalue weighted by atomic mass is 10.1. The molecular formula is C14H15F3N2O2. The highest BCUT2D eigenvalue weighted by Gasteiger charge is 2.31. The zero-order valence-corrected chi connectivity index (χ0v) is 11.4. The first-order valence-electron chi connectivity index (χ1n) is 6.26. The first-order valence-corrected chi connectivity index (χ1v) is 6.26. The summed E-state index contributed by atoms with van der Waals surface area (Å²) in [5.74, 6) is 4.59. The van der Waals surface area contributed by atoms with Gasteiger partial charge in [-0.05, 0) is 19.1 Å². The number of hydrogen-bond donors (Lipinski definition) is 2. The second kappa shape index (κ2) is 7.64. The van der Waals surface area contributed by atoms with Crippen molar-refractivity contribution in [1.29, 1.82) is 0 Å². The van der Waals surface area contributed by atoms with E-state index in [4.69, 9.17) is 5.11 Å². The third kappa shape index (κ3) is 6.27. The van der Waals surface area contributed by atoms with Gasteiger partial charge in [0.2, 0.25) is 0 Å². The van der Waals surface area contributed by atoms with Crippen molar-refractivity contribution in [2.24, 2.45) is 0 Å². The minimum Gasteiger partial charge on any atom is -0.395 e. The Labute approximate surface area is 120 Å². The average Bonchev–Trinajstić information content (AvgIpc) is 2.37. The van der Waals surface area contributed by atoms with Crippen molar-refractivity contribution in [2.75, 3.05) is 6.61 Å². The minimum absolute atomic E-state index is 0.0306. The molecule has 0 radical (unpaired) electrons. The third-order valence-electron chi connectivity index (χ3n) is 2.40. The molecule has 0 bridgehead atoms. The van der Waals surface area contributed by atoms with Gasteiger partial charge in [-0.1, -0.05) is 11.8 Å². The van der Waals surface area contributed by atoms with Crippen molar-refractivity contribution in [3.63, 3.8) is 0 Å². The van der Waals surface area contributed by atoms with E-state index in [0.717, 1.165) is 0 Å². The third-order valence-corrected chi connectivity index (χ3v) is 2.40. The monoisotopic (exact) mass is 300 g/mol. The van der Waals surface area contributed by atoms with Gasteiger partial charge in [0.05, 0.1) is 18.6 Å². The lowest BCUT2D eigenvalue weighted by Gasteiger charge is -2.15. The summed E-state index contributed by atoms with van der Waals surface area (Å²) < 4.78 is 36.7. The lowest BCUT2D eigenvalue weighted by molar-refractivity contribution is -0.138. The second-order valence-electron chi connectivity index (χ2n) is 4.37. The number of pyridine rings is 1. The Hall–Kier alpha value is -2.07. The molecule has 1 unspecified atom stereocenters. The summed E-state index contributed by atoms with van der Waals surface area (Å²) in [6.07, 6.45) is -3.86. The number of aliphatic hydroxyl groups is 1. The van der Waals surface area contributed by atoms with Gasteiger partial charge in [-0.25, -0.2) is 4.98 Å². The number of carbonyl (C=O) groups excluding carboxylic acids is 1. The Morgan fingerprint density at radius 3 is 2.86 bits per heavy atom. The fraction of sp³-hybridized carbons (Fsp3) is 0.429. The Morgan fingerprint density at radius 1 is 1.52 bits per heavy atom. The SMILES string of the molecule is CC(CC(F)(F)F)NC(=O)c1ncccc1C#CCCO. The molecule has 0 aromatic carbocycles. The van der Waals surface area contributed by atoms with Crippen molar-refractivity contribution < 1.29 is 23.1 Å². The molecule has 4 nitrogen and oxygen atoms in total. The van der Waals surface area contributed by atoms with E-state index >= 15 is 0 Å². The van der Waals surface area contributed by atoms with Crippen LogP contribution in [0.3, 0.4) is 0 Å². The maximum atomic E-state index is 12.2. The minimum atomic E-state index is -4.35. The van der Waals surface area contributed by atoms with E-state index < -0.39 is 24.5 Å². The van der Waals surface area contributed by atoms with Crippen molar-refractivity contribution >= 4 is 5.91 Å².